The molecule has 0 aromatic heterocycles. The highest BCUT2D eigenvalue weighted by Gasteiger charge is 2.15. The summed E-state index contributed by atoms with van der Waals surface area (Å²) in [5.74, 6) is -0.638. The molecule has 1 aromatic rings. The number of carbonyl (C=O) groups is 2. The van der Waals surface area contributed by atoms with E-state index >= 15 is 0 Å². The molecule has 1 unspecified atom stereocenters. The van der Waals surface area contributed by atoms with E-state index in [0.29, 0.717) is 17.9 Å². The van der Waals surface area contributed by atoms with Gasteiger partial charge in [0, 0.05) is 11.4 Å². The minimum absolute atomic E-state index is 0.186. The number of methoxy groups -OCH3 is 1. The quantitative estimate of drug-likeness (QED) is 0.844. The Morgan fingerprint density at radius 3 is 2.68 bits per heavy atom. The smallest absolute Gasteiger partial charge is 0.328 e. The molecule has 5 heteroatoms. The lowest BCUT2D eigenvalue weighted by atomic mass is 10.1. The number of aryl methyl sites for hydroxylation is 2. The van der Waals surface area contributed by atoms with Crippen molar-refractivity contribution in [2.24, 2.45) is 0 Å². The molecule has 1 N–H and O–H groups in total. The number of nitrogens with one attached hydrogen (secondary N) is 1. The predicted octanol–water partition coefficient (Wildman–Crippen LogP) is 2.26. The Hall–Kier alpha value is -1.55. The Morgan fingerprint density at radius 1 is 1.42 bits per heavy atom. The Balaban J connectivity index is 2.46. The summed E-state index contributed by atoms with van der Waals surface area (Å²) in [7, 11) is 1.29. The van der Waals surface area contributed by atoms with Crippen LogP contribution in [0.5, 0.6) is 0 Å². The number of carbonyl (C=O) groups excluding carboxylic acids is 2. The lowest BCUT2D eigenvalue weighted by molar-refractivity contribution is -0.144. The number of esters is 1. The van der Waals surface area contributed by atoms with Gasteiger partial charge in [-0.15, -0.1) is 0 Å². The summed E-state index contributed by atoms with van der Waals surface area (Å²) in [5.41, 5.74) is 2.01. The van der Waals surface area contributed by atoms with Gasteiger partial charge in [0.05, 0.1) is 7.11 Å². The predicted molar refractivity (Wildman–Crippen MR) is 74.1 cm³/mol. The van der Waals surface area contributed by atoms with Crippen LogP contribution in [-0.2, 0) is 20.7 Å². The summed E-state index contributed by atoms with van der Waals surface area (Å²) in [5, 5.41) is 3.28. The third-order valence-corrected chi connectivity index (χ3v) is 3.22. The van der Waals surface area contributed by atoms with Gasteiger partial charge in [0.25, 0.3) is 0 Å². The van der Waals surface area contributed by atoms with Crippen molar-refractivity contribution < 1.29 is 14.3 Å². The maximum Gasteiger partial charge on any atom is 0.328 e. The van der Waals surface area contributed by atoms with E-state index in [1.807, 2.05) is 25.1 Å². The third kappa shape index (κ3) is 4.91. The molecule has 0 saturated carbocycles. The molecular formula is C14H18ClNO3. The fourth-order valence-corrected chi connectivity index (χ4v) is 1.80. The van der Waals surface area contributed by atoms with E-state index in [4.69, 9.17) is 11.6 Å². The van der Waals surface area contributed by atoms with Gasteiger partial charge in [-0.25, -0.2) is 4.79 Å². The van der Waals surface area contributed by atoms with Gasteiger partial charge in [-0.1, -0.05) is 23.7 Å². The lowest BCUT2D eigenvalue weighted by Crippen LogP contribution is -2.39. The van der Waals surface area contributed by atoms with Crippen LogP contribution in [0.15, 0.2) is 18.2 Å². The molecule has 0 aliphatic carbocycles. The van der Waals surface area contributed by atoms with E-state index in [-0.39, 0.29) is 5.91 Å². The molecule has 1 rings (SSSR count). The highest BCUT2D eigenvalue weighted by atomic mass is 35.5. The van der Waals surface area contributed by atoms with Crippen molar-refractivity contribution in [3.63, 3.8) is 0 Å². The number of hydrogen-bond acceptors (Lipinski definition) is 3. The fourth-order valence-electron chi connectivity index (χ4n) is 1.60. The molecule has 1 aromatic carbocycles. The molecule has 1 amide bonds. The van der Waals surface area contributed by atoms with Crippen LogP contribution in [0.4, 0.5) is 0 Å². The first-order chi connectivity index (χ1) is 8.93. The van der Waals surface area contributed by atoms with Crippen molar-refractivity contribution >= 4 is 23.5 Å². The Morgan fingerprint density at radius 2 is 2.11 bits per heavy atom. The van der Waals surface area contributed by atoms with Gasteiger partial charge in [-0.2, -0.15) is 0 Å². The van der Waals surface area contributed by atoms with Crippen LogP contribution in [0.25, 0.3) is 0 Å². The van der Waals surface area contributed by atoms with Gasteiger partial charge >= 0.3 is 5.97 Å². The zero-order chi connectivity index (χ0) is 14.4. The second-order valence-corrected chi connectivity index (χ2v) is 4.80. The highest BCUT2D eigenvalue weighted by molar-refractivity contribution is 6.31. The van der Waals surface area contributed by atoms with Crippen molar-refractivity contribution in [2.75, 3.05) is 7.11 Å². The first-order valence-electron chi connectivity index (χ1n) is 6.06. The maximum atomic E-state index is 11.6. The van der Waals surface area contributed by atoms with E-state index in [2.05, 4.69) is 10.1 Å². The number of benzene rings is 1. The number of ether oxygens (including phenoxy) is 1. The second-order valence-electron chi connectivity index (χ2n) is 4.40. The molecule has 0 aliphatic rings. The van der Waals surface area contributed by atoms with Crippen molar-refractivity contribution in [1.82, 2.24) is 5.32 Å². The van der Waals surface area contributed by atoms with Gasteiger partial charge in [-0.3, -0.25) is 4.79 Å². The minimum Gasteiger partial charge on any atom is -0.467 e. The van der Waals surface area contributed by atoms with Crippen molar-refractivity contribution in [1.29, 1.82) is 0 Å². The van der Waals surface area contributed by atoms with Crippen LogP contribution in [0.3, 0.4) is 0 Å². The highest BCUT2D eigenvalue weighted by Crippen LogP contribution is 2.17. The average Bonchev–Trinajstić information content (AvgIpc) is 2.39. The average molecular weight is 284 g/mol. The van der Waals surface area contributed by atoms with Gasteiger partial charge in [0.2, 0.25) is 5.91 Å². The van der Waals surface area contributed by atoms with Crippen LogP contribution in [0, 0.1) is 6.92 Å². The Labute approximate surface area is 118 Å². The first kappa shape index (κ1) is 15.5. The van der Waals surface area contributed by atoms with E-state index < -0.39 is 12.0 Å². The van der Waals surface area contributed by atoms with E-state index in [9.17, 15) is 9.59 Å². The Bertz CT molecular complexity index is 474. The zero-order valence-corrected chi connectivity index (χ0v) is 12.1. The van der Waals surface area contributed by atoms with E-state index in [0.717, 1.165) is 11.1 Å². The van der Waals surface area contributed by atoms with Crippen molar-refractivity contribution in [2.45, 2.75) is 32.7 Å². The molecule has 0 saturated heterocycles. The summed E-state index contributed by atoms with van der Waals surface area (Å²) < 4.78 is 4.53. The van der Waals surface area contributed by atoms with Gasteiger partial charge < -0.3 is 10.1 Å². The molecular weight excluding hydrogens is 266 g/mol. The Kier molecular flexibility index (Phi) is 5.83. The van der Waals surface area contributed by atoms with E-state index in [1.165, 1.54) is 7.11 Å². The number of halogens is 1. The molecule has 0 aliphatic heterocycles. The summed E-state index contributed by atoms with van der Waals surface area (Å²) in [6, 6.07) is 5.10. The zero-order valence-electron chi connectivity index (χ0n) is 11.3. The van der Waals surface area contributed by atoms with Crippen LogP contribution in [-0.4, -0.2) is 25.0 Å². The summed E-state index contributed by atoms with van der Waals surface area (Å²) in [6.45, 7) is 3.52. The molecule has 0 bridgehead atoms. The lowest BCUT2D eigenvalue weighted by Gasteiger charge is -2.11. The second kappa shape index (κ2) is 7.14. The monoisotopic (exact) mass is 283 g/mol. The van der Waals surface area contributed by atoms with Crippen LogP contribution >= 0.6 is 11.6 Å². The molecule has 0 spiro atoms. The molecule has 0 radical (unpaired) electrons. The number of amides is 1. The molecule has 0 heterocycles. The summed E-state index contributed by atoms with van der Waals surface area (Å²) in [6.07, 6.45) is 0.889. The van der Waals surface area contributed by atoms with Gasteiger partial charge in [0.15, 0.2) is 0 Å². The van der Waals surface area contributed by atoms with Gasteiger partial charge in [0.1, 0.15) is 6.04 Å². The molecule has 104 valence electrons. The first-order valence-corrected chi connectivity index (χ1v) is 6.44. The third-order valence-electron chi connectivity index (χ3n) is 2.81. The molecule has 19 heavy (non-hydrogen) atoms. The van der Waals surface area contributed by atoms with E-state index in [1.54, 1.807) is 6.92 Å². The minimum atomic E-state index is -0.626. The fraction of sp³-hybridized carbons (Fsp3) is 0.429. The van der Waals surface area contributed by atoms with Crippen LogP contribution in [0.2, 0.25) is 5.02 Å². The molecule has 4 nitrogen and oxygen atoms in total. The van der Waals surface area contributed by atoms with Gasteiger partial charge in [-0.05, 0) is 37.5 Å². The van der Waals surface area contributed by atoms with Crippen molar-refractivity contribution in [3.8, 4) is 0 Å². The topological polar surface area (TPSA) is 55.4 Å². The normalized spacial score (nSPS) is 11.8. The van der Waals surface area contributed by atoms with Crippen LogP contribution < -0.4 is 5.32 Å². The largest absolute Gasteiger partial charge is 0.467 e. The summed E-state index contributed by atoms with van der Waals surface area (Å²) >= 11 is 6.01. The van der Waals surface area contributed by atoms with Crippen LogP contribution in [0.1, 0.15) is 24.5 Å². The standard InChI is InChI=1S/C14H18ClNO3/c1-9-4-5-11(8-12(9)15)6-7-13(17)16-10(2)14(18)19-3/h4-5,8,10H,6-7H2,1-3H3,(H,16,17). The molecule has 1 atom stereocenters. The SMILES string of the molecule is COC(=O)C(C)NC(=O)CCc1ccc(C)c(Cl)c1. The summed E-state index contributed by atoms with van der Waals surface area (Å²) in [4.78, 5) is 22.8. The number of hydrogen-bond donors (Lipinski definition) is 1. The van der Waals surface area contributed by atoms with Crippen molar-refractivity contribution in [3.05, 3.63) is 34.3 Å². The molecule has 0 fully saturated rings. The number of rotatable bonds is 5. The maximum absolute atomic E-state index is 11.6.